The first-order valence-corrected chi connectivity index (χ1v) is 4.77. The molecule has 15 heavy (non-hydrogen) atoms. The predicted molar refractivity (Wildman–Crippen MR) is 56.7 cm³/mol. The maximum atomic E-state index is 8.47. The van der Waals surface area contributed by atoms with E-state index in [2.05, 4.69) is 15.2 Å². The minimum atomic E-state index is -0.341. The van der Waals surface area contributed by atoms with Crippen molar-refractivity contribution in [3.05, 3.63) is 34.9 Å². The molecule has 5 heteroatoms. The van der Waals surface area contributed by atoms with E-state index in [4.69, 9.17) is 16.9 Å². The maximum absolute atomic E-state index is 8.47. The number of rotatable bonds is 2. The second kappa shape index (κ2) is 4.20. The van der Waals surface area contributed by atoms with Gasteiger partial charge in [0.05, 0.1) is 12.5 Å². The Hall–Kier alpha value is -1.73. The van der Waals surface area contributed by atoms with E-state index in [0.717, 1.165) is 5.56 Å². The minimum absolute atomic E-state index is 0.195. The van der Waals surface area contributed by atoms with Crippen LogP contribution >= 0.6 is 11.6 Å². The van der Waals surface area contributed by atoms with E-state index < -0.39 is 0 Å². The molecule has 4 nitrogen and oxygen atoms in total. The normalized spacial score (nSPS) is 18.7. The van der Waals surface area contributed by atoms with Crippen molar-refractivity contribution in [3.63, 3.8) is 0 Å². The van der Waals surface area contributed by atoms with Crippen molar-refractivity contribution in [1.82, 2.24) is 0 Å². The van der Waals surface area contributed by atoms with E-state index >= 15 is 0 Å². The molecule has 0 unspecified atom stereocenters. The van der Waals surface area contributed by atoms with Crippen LogP contribution in [0, 0.1) is 11.3 Å². The average molecular weight is 219 g/mol. The third-order valence-corrected chi connectivity index (χ3v) is 2.17. The van der Waals surface area contributed by atoms with Crippen LogP contribution < -0.4 is 0 Å². The second-order valence-corrected chi connectivity index (χ2v) is 3.46. The highest BCUT2D eigenvalue weighted by molar-refractivity contribution is 6.30. The zero-order chi connectivity index (χ0) is 10.7. The number of amidine groups is 1. The van der Waals surface area contributed by atoms with Gasteiger partial charge in [-0.1, -0.05) is 23.7 Å². The summed E-state index contributed by atoms with van der Waals surface area (Å²) < 4.78 is 0. The van der Waals surface area contributed by atoms with Gasteiger partial charge >= 0.3 is 0 Å². The van der Waals surface area contributed by atoms with Crippen molar-refractivity contribution in [2.45, 2.75) is 12.6 Å². The smallest absolute Gasteiger partial charge is 0.188 e. The Morgan fingerprint density at radius 3 is 3.07 bits per heavy atom. The fraction of sp³-hybridized carbons (Fsp3) is 0.200. The van der Waals surface area contributed by atoms with Gasteiger partial charge in [0.25, 0.3) is 0 Å². The number of azo groups is 1. The quantitative estimate of drug-likeness (QED) is 0.752. The van der Waals surface area contributed by atoms with Crippen molar-refractivity contribution >= 4 is 17.4 Å². The predicted octanol–water partition coefficient (Wildman–Crippen LogP) is 3.12. The first-order chi connectivity index (χ1) is 7.29. The molecule has 0 aromatic heterocycles. The van der Waals surface area contributed by atoms with Gasteiger partial charge in [-0.25, -0.2) is 4.99 Å². The summed E-state index contributed by atoms with van der Waals surface area (Å²) in [7, 11) is 0. The van der Waals surface area contributed by atoms with Crippen LogP contribution in [0.2, 0.25) is 5.02 Å². The molecule has 1 aliphatic rings. The average Bonchev–Trinajstić information content (AvgIpc) is 2.67. The second-order valence-electron chi connectivity index (χ2n) is 3.02. The Kier molecular flexibility index (Phi) is 2.75. The van der Waals surface area contributed by atoms with Crippen LogP contribution in [-0.4, -0.2) is 5.84 Å². The number of aliphatic imine (C=N–C) groups is 1. The Morgan fingerprint density at radius 2 is 2.33 bits per heavy atom. The first kappa shape index (κ1) is 9.81. The lowest BCUT2D eigenvalue weighted by molar-refractivity contribution is 0.771. The molecule has 0 amide bonds. The van der Waals surface area contributed by atoms with Gasteiger partial charge < -0.3 is 0 Å². The molecular weight excluding hydrogens is 212 g/mol. The van der Waals surface area contributed by atoms with Crippen LogP contribution in [0.1, 0.15) is 18.2 Å². The molecule has 74 valence electrons. The molecule has 2 rings (SSSR count). The topological polar surface area (TPSA) is 60.9 Å². The molecule has 1 atom stereocenters. The highest BCUT2D eigenvalue weighted by Crippen LogP contribution is 2.26. The van der Waals surface area contributed by atoms with Crippen molar-refractivity contribution in [2.24, 2.45) is 15.2 Å². The van der Waals surface area contributed by atoms with E-state index in [1.807, 2.05) is 18.2 Å². The summed E-state index contributed by atoms with van der Waals surface area (Å²) in [6.45, 7) is 0. The summed E-state index contributed by atoms with van der Waals surface area (Å²) in [6, 6.07) is 9.29. The van der Waals surface area contributed by atoms with Crippen molar-refractivity contribution in [3.8, 4) is 6.07 Å². The van der Waals surface area contributed by atoms with Crippen LogP contribution in [0.15, 0.2) is 39.5 Å². The molecule has 0 saturated heterocycles. The lowest BCUT2D eigenvalue weighted by Crippen LogP contribution is -1.90. The van der Waals surface area contributed by atoms with Gasteiger partial charge in [-0.3, -0.25) is 0 Å². The van der Waals surface area contributed by atoms with E-state index in [-0.39, 0.29) is 12.6 Å². The molecule has 1 aromatic rings. The third-order valence-electron chi connectivity index (χ3n) is 1.94. The lowest BCUT2D eigenvalue weighted by atomic mass is 10.2. The van der Waals surface area contributed by atoms with Gasteiger partial charge in [0.15, 0.2) is 12.0 Å². The summed E-state index contributed by atoms with van der Waals surface area (Å²) >= 11 is 5.85. The zero-order valence-electron chi connectivity index (χ0n) is 7.76. The first-order valence-electron chi connectivity index (χ1n) is 4.39. The van der Waals surface area contributed by atoms with Crippen LogP contribution in [0.3, 0.4) is 0 Å². The van der Waals surface area contributed by atoms with Gasteiger partial charge in [0.1, 0.15) is 0 Å². The van der Waals surface area contributed by atoms with Crippen LogP contribution in [0.25, 0.3) is 0 Å². The number of nitrogens with zero attached hydrogens (tertiary/aromatic N) is 4. The van der Waals surface area contributed by atoms with Gasteiger partial charge in [-0.2, -0.15) is 10.4 Å². The molecule has 0 spiro atoms. The van der Waals surface area contributed by atoms with Crippen LogP contribution in [0.4, 0.5) is 0 Å². The standard InChI is InChI=1S/C10H7ClN4/c11-8-3-1-2-7(6-8)10-13-9(4-5-12)14-15-10/h1-3,6,10H,4H2/t10-/m1/s1. The summed E-state index contributed by atoms with van der Waals surface area (Å²) in [4.78, 5) is 4.19. The molecule has 0 radical (unpaired) electrons. The van der Waals surface area contributed by atoms with Crippen LogP contribution in [0.5, 0.6) is 0 Å². The Labute approximate surface area is 91.9 Å². The SMILES string of the molecule is N#CCC1=N[C@@H](c2cccc(Cl)c2)N=N1. The number of nitriles is 1. The minimum Gasteiger partial charge on any atom is -0.234 e. The Morgan fingerprint density at radius 1 is 1.47 bits per heavy atom. The molecule has 0 fully saturated rings. The maximum Gasteiger partial charge on any atom is 0.188 e. The summed E-state index contributed by atoms with van der Waals surface area (Å²) in [5.74, 6) is 0.475. The Bertz CT molecular complexity index is 473. The fourth-order valence-electron chi connectivity index (χ4n) is 1.27. The van der Waals surface area contributed by atoms with Crippen molar-refractivity contribution in [2.75, 3.05) is 0 Å². The summed E-state index contributed by atoms with van der Waals surface area (Å²) in [5, 5.41) is 16.9. The number of halogens is 1. The molecule has 0 N–H and O–H groups in total. The molecule has 0 bridgehead atoms. The van der Waals surface area contributed by atoms with E-state index in [9.17, 15) is 0 Å². The highest BCUT2D eigenvalue weighted by atomic mass is 35.5. The molecular formula is C10H7ClN4. The van der Waals surface area contributed by atoms with Gasteiger partial charge in [0, 0.05) is 10.6 Å². The highest BCUT2D eigenvalue weighted by Gasteiger charge is 2.15. The number of hydrogen-bond acceptors (Lipinski definition) is 4. The fourth-order valence-corrected chi connectivity index (χ4v) is 1.47. The van der Waals surface area contributed by atoms with Crippen molar-refractivity contribution in [1.29, 1.82) is 5.26 Å². The third kappa shape index (κ3) is 2.20. The van der Waals surface area contributed by atoms with Gasteiger partial charge in [-0.15, -0.1) is 5.11 Å². The van der Waals surface area contributed by atoms with E-state index in [1.165, 1.54) is 0 Å². The Balaban J connectivity index is 2.22. The van der Waals surface area contributed by atoms with E-state index in [0.29, 0.717) is 10.9 Å². The number of benzene rings is 1. The zero-order valence-corrected chi connectivity index (χ0v) is 8.52. The number of hydrogen-bond donors (Lipinski definition) is 0. The van der Waals surface area contributed by atoms with Gasteiger partial charge in [0.2, 0.25) is 0 Å². The van der Waals surface area contributed by atoms with Crippen molar-refractivity contribution < 1.29 is 0 Å². The van der Waals surface area contributed by atoms with E-state index in [1.54, 1.807) is 12.1 Å². The molecule has 1 aromatic carbocycles. The largest absolute Gasteiger partial charge is 0.234 e. The van der Waals surface area contributed by atoms with Gasteiger partial charge in [-0.05, 0) is 12.1 Å². The summed E-state index contributed by atoms with van der Waals surface area (Å²) in [6.07, 6.45) is -0.146. The monoisotopic (exact) mass is 218 g/mol. The molecule has 0 saturated carbocycles. The summed E-state index contributed by atoms with van der Waals surface area (Å²) in [5.41, 5.74) is 0.888. The molecule has 1 heterocycles. The molecule has 1 aliphatic heterocycles. The molecule has 0 aliphatic carbocycles. The van der Waals surface area contributed by atoms with Crippen LogP contribution in [-0.2, 0) is 0 Å². The lowest BCUT2D eigenvalue weighted by Gasteiger charge is -2.02.